The van der Waals surface area contributed by atoms with Crippen LogP contribution in [0.3, 0.4) is 0 Å². The first-order valence-corrected chi connectivity index (χ1v) is 9.78. The van der Waals surface area contributed by atoms with Crippen LogP contribution >= 0.6 is 0 Å². The second-order valence-corrected chi connectivity index (χ2v) is 8.14. The number of rotatable bonds is 4. The van der Waals surface area contributed by atoms with Crippen molar-refractivity contribution < 1.29 is 13.2 Å². The Bertz CT molecular complexity index is 910. The fraction of sp³-hybridized carbons (Fsp3) is 0.278. The summed E-state index contributed by atoms with van der Waals surface area (Å²) in [5.41, 5.74) is 3.88. The molecule has 1 aliphatic rings. The van der Waals surface area contributed by atoms with E-state index >= 15 is 0 Å². The van der Waals surface area contributed by atoms with Gasteiger partial charge in [0.2, 0.25) is 10.0 Å². The Morgan fingerprint density at radius 1 is 1.16 bits per heavy atom. The van der Waals surface area contributed by atoms with Gasteiger partial charge in [-0.3, -0.25) is 4.31 Å². The number of nitrogens with one attached hydrogen (secondary N) is 2. The summed E-state index contributed by atoms with van der Waals surface area (Å²) < 4.78 is 25.8. The molecule has 0 aromatic heterocycles. The molecule has 0 aliphatic carbocycles. The van der Waals surface area contributed by atoms with Gasteiger partial charge in [-0.25, -0.2) is 13.2 Å². The van der Waals surface area contributed by atoms with Gasteiger partial charge >= 0.3 is 6.03 Å². The van der Waals surface area contributed by atoms with E-state index in [0.717, 1.165) is 16.8 Å². The number of amides is 2. The van der Waals surface area contributed by atoms with Crippen LogP contribution in [0.2, 0.25) is 0 Å². The molecule has 25 heavy (non-hydrogen) atoms. The number of hydrogen-bond acceptors (Lipinski definition) is 3. The normalized spacial score (nSPS) is 13.4. The quantitative estimate of drug-likeness (QED) is 0.879. The number of para-hydroxylation sites is 1. The van der Waals surface area contributed by atoms with Crippen molar-refractivity contribution in [3.05, 3.63) is 53.6 Å². The minimum Gasteiger partial charge on any atom is -0.308 e. The number of anilines is 3. The highest BCUT2D eigenvalue weighted by atomic mass is 32.2. The number of sulfonamides is 1. The standard InChI is InChI=1S/C18H21N3O3S/c1-3-25(23,24)21-11-10-14-8-9-15(12-17(14)21)19-18(22)20-16-7-5-4-6-13(16)2/h4-9,12H,3,10-11H2,1-2H3,(H2,19,20,22). The van der Waals surface area contributed by atoms with Gasteiger partial charge < -0.3 is 10.6 Å². The van der Waals surface area contributed by atoms with E-state index in [4.69, 9.17) is 0 Å². The van der Waals surface area contributed by atoms with Gasteiger partial charge in [0, 0.05) is 17.9 Å². The van der Waals surface area contributed by atoms with Crippen molar-refractivity contribution in [1.29, 1.82) is 0 Å². The predicted octanol–water partition coefficient (Wildman–Crippen LogP) is 3.35. The van der Waals surface area contributed by atoms with E-state index in [1.807, 2.05) is 37.3 Å². The number of carbonyl (C=O) groups is 1. The first-order chi connectivity index (χ1) is 11.9. The van der Waals surface area contributed by atoms with Crippen LogP contribution < -0.4 is 14.9 Å². The molecule has 0 saturated carbocycles. The number of aryl methyl sites for hydroxylation is 1. The monoisotopic (exact) mass is 359 g/mol. The van der Waals surface area contributed by atoms with E-state index in [1.54, 1.807) is 19.1 Å². The smallest absolute Gasteiger partial charge is 0.308 e. The molecular weight excluding hydrogens is 338 g/mol. The van der Waals surface area contributed by atoms with Gasteiger partial charge in [0.05, 0.1) is 11.4 Å². The summed E-state index contributed by atoms with van der Waals surface area (Å²) in [6.07, 6.45) is 0.685. The van der Waals surface area contributed by atoms with Crippen LogP contribution in [0.25, 0.3) is 0 Å². The molecule has 1 heterocycles. The Kier molecular flexibility index (Phi) is 4.67. The molecule has 1 aliphatic heterocycles. The number of benzene rings is 2. The number of urea groups is 1. The first kappa shape index (κ1) is 17.3. The van der Waals surface area contributed by atoms with Crippen molar-refractivity contribution in [3.8, 4) is 0 Å². The zero-order valence-electron chi connectivity index (χ0n) is 14.2. The average molecular weight is 359 g/mol. The highest BCUT2D eigenvalue weighted by Gasteiger charge is 2.28. The van der Waals surface area contributed by atoms with Gasteiger partial charge in [-0.2, -0.15) is 0 Å². The van der Waals surface area contributed by atoms with E-state index in [-0.39, 0.29) is 11.8 Å². The average Bonchev–Trinajstić information content (AvgIpc) is 3.01. The maximum absolute atomic E-state index is 12.2. The Morgan fingerprint density at radius 2 is 1.92 bits per heavy atom. The fourth-order valence-electron chi connectivity index (χ4n) is 2.87. The second-order valence-electron chi connectivity index (χ2n) is 5.96. The van der Waals surface area contributed by atoms with Crippen LogP contribution in [0.15, 0.2) is 42.5 Å². The molecule has 2 aromatic carbocycles. The molecule has 3 rings (SSSR count). The lowest BCUT2D eigenvalue weighted by molar-refractivity contribution is 0.262. The number of nitrogens with zero attached hydrogens (tertiary/aromatic N) is 1. The third-order valence-electron chi connectivity index (χ3n) is 4.29. The molecule has 6 nitrogen and oxygen atoms in total. The second kappa shape index (κ2) is 6.76. The molecular formula is C18H21N3O3S. The van der Waals surface area contributed by atoms with Crippen molar-refractivity contribution in [2.75, 3.05) is 27.2 Å². The van der Waals surface area contributed by atoms with Gasteiger partial charge in [0.25, 0.3) is 0 Å². The summed E-state index contributed by atoms with van der Waals surface area (Å²) >= 11 is 0. The molecule has 0 fully saturated rings. The Balaban J connectivity index is 1.78. The maximum atomic E-state index is 12.2. The lowest BCUT2D eigenvalue weighted by atomic mass is 10.1. The van der Waals surface area contributed by atoms with E-state index in [1.165, 1.54) is 4.31 Å². The minimum atomic E-state index is -3.31. The summed E-state index contributed by atoms with van der Waals surface area (Å²) in [5.74, 6) is 0.0534. The molecule has 0 bridgehead atoms. The zero-order valence-corrected chi connectivity index (χ0v) is 15.1. The molecule has 0 atom stereocenters. The van der Waals surface area contributed by atoms with Crippen LogP contribution in [0.5, 0.6) is 0 Å². The van der Waals surface area contributed by atoms with Crippen LogP contribution in [-0.2, 0) is 16.4 Å². The maximum Gasteiger partial charge on any atom is 0.323 e. The fourth-order valence-corrected chi connectivity index (χ4v) is 4.02. The van der Waals surface area contributed by atoms with Crippen molar-refractivity contribution in [2.24, 2.45) is 0 Å². The van der Waals surface area contributed by atoms with Crippen molar-refractivity contribution >= 4 is 33.1 Å². The van der Waals surface area contributed by atoms with Gasteiger partial charge in [0.1, 0.15) is 0 Å². The minimum absolute atomic E-state index is 0.0534. The largest absolute Gasteiger partial charge is 0.323 e. The molecule has 2 amide bonds. The van der Waals surface area contributed by atoms with Gasteiger partial charge in [-0.15, -0.1) is 0 Å². The van der Waals surface area contributed by atoms with Crippen LogP contribution in [0, 0.1) is 6.92 Å². The van der Waals surface area contributed by atoms with Gasteiger partial charge in [0.15, 0.2) is 0 Å². The highest BCUT2D eigenvalue weighted by Crippen LogP contribution is 2.33. The summed E-state index contributed by atoms with van der Waals surface area (Å²) in [6.45, 7) is 3.99. The van der Waals surface area contributed by atoms with Crippen molar-refractivity contribution in [2.45, 2.75) is 20.3 Å². The van der Waals surface area contributed by atoms with Crippen LogP contribution in [-0.4, -0.2) is 26.7 Å². The third kappa shape index (κ3) is 3.61. The molecule has 2 aromatic rings. The van der Waals surface area contributed by atoms with Crippen LogP contribution in [0.4, 0.5) is 21.9 Å². The SMILES string of the molecule is CCS(=O)(=O)N1CCc2ccc(NC(=O)Nc3ccccc3C)cc21. The lowest BCUT2D eigenvalue weighted by Gasteiger charge is -2.19. The Morgan fingerprint density at radius 3 is 2.64 bits per heavy atom. The summed E-state index contributed by atoms with van der Waals surface area (Å²) in [6, 6.07) is 12.5. The number of hydrogen-bond donors (Lipinski definition) is 2. The van der Waals surface area contributed by atoms with E-state index in [9.17, 15) is 13.2 Å². The first-order valence-electron chi connectivity index (χ1n) is 8.17. The molecule has 0 unspecified atom stereocenters. The van der Waals surface area contributed by atoms with Crippen molar-refractivity contribution in [3.63, 3.8) is 0 Å². The molecule has 0 radical (unpaired) electrons. The summed E-state index contributed by atoms with van der Waals surface area (Å²) in [7, 11) is -3.31. The zero-order chi connectivity index (χ0) is 18.0. The van der Waals surface area contributed by atoms with Crippen molar-refractivity contribution in [1.82, 2.24) is 0 Å². The highest BCUT2D eigenvalue weighted by molar-refractivity contribution is 7.92. The molecule has 0 saturated heterocycles. The number of carbonyl (C=O) groups excluding carboxylic acids is 1. The molecule has 2 N–H and O–H groups in total. The van der Waals surface area contributed by atoms with E-state index in [2.05, 4.69) is 10.6 Å². The Labute approximate surface area is 147 Å². The van der Waals surface area contributed by atoms with Gasteiger partial charge in [-0.05, 0) is 49.6 Å². The third-order valence-corrected chi connectivity index (χ3v) is 6.07. The predicted molar refractivity (Wildman–Crippen MR) is 101 cm³/mol. The van der Waals surface area contributed by atoms with Gasteiger partial charge in [-0.1, -0.05) is 24.3 Å². The topological polar surface area (TPSA) is 78.5 Å². The summed E-state index contributed by atoms with van der Waals surface area (Å²) in [4.78, 5) is 12.2. The van der Waals surface area contributed by atoms with Crippen LogP contribution in [0.1, 0.15) is 18.1 Å². The number of fused-ring (bicyclic) bond motifs is 1. The lowest BCUT2D eigenvalue weighted by Crippen LogP contribution is -2.30. The Hall–Kier alpha value is -2.54. The molecule has 132 valence electrons. The van der Waals surface area contributed by atoms with E-state index < -0.39 is 10.0 Å². The molecule has 7 heteroatoms. The molecule has 0 spiro atoms. The van der Waals surface area contributed by atoms with E-state index in [0.29, 0.717) is 24.3 Å². The summed E-state index contributed by atoms with van der Waals surface area (Å²) in [5, 5.41) is 5.56.